The number of rotatable bonds is 6. The zero-order valence-corrected chi connectivity index (χ0v) is 13.8. The van der Waals surface area contributed by atoms with Crippen molar-refractivity contribution in [3.8, 4) is 0 Å². The van der Waals surface area contributed by atoms with Gasteiger partial charge in [0.2, 0.25) is 5.91 Å². The van der Waals surface area contributed by atoms with Crippen LogP contribution in [0.3, 0.4) is 0 Å². The van der Waals surface area contributed by atoms with E-state index in [1.54, 1.807) is 0 Å². The topological polar surface area (TPSA) is 61.6 Å². The molecular formula is C15H32N4O. The molecule has 20 heavy (non-hydrogen) atoms. The van der Waals surface area contributed by atoms with Gasteiger partial charge in [-0.15, -0.1) is 0 Å². The van der Waals surface area contributed by atoms with E-state index in [-0.39, 0.29) is 5.91 Å². The molecule has 5 heteroatoms. The summed E-state index contributed by atoms with van der Waals surface area (Å²) in [4.78, 5) is 16.7. The van der Waals surface area contributed by atoms with Crippen molar-refractivity contribution in [2.75, 3.05) is 33.2 Å². The molecule has 1 rings (SSSR count). The summed E-state index contributed by atoms with van der Waals surface area (Å²) in [6, 6.07) is 0.851. The van der Waals surface area contributed by atoms with Crippen LogP contribution in [0.2, 0.25) is 0 Å². The lowest BCUT2D eigenvalue weighted by Gasteiger charge is -2.38. The highest BCUT2D eigenvalue weighted by atomic mass is 16.1. The third-order valence-electron chi connectivity index (χ3n) is 4.48. The second kappa shape index (κ2) is 7.38. The van der Waals surface area contributed by atoms with Crippen molar-refractivity contribution in [1.29, 1.82) is 0 Å². The Bertz CT molecular complexity index is 323. The quantitative estimate of drug-likeness (QED) is 0.751. The van der Waals surface area contributed by atoms with Crippen molar-refractivity contribution < 1.29 is 4.79 Å². The van der Waals surface area contributed by atoms with E-state index >= 15 is 0 Å². The van der Waals surface area contributed by atoms with Crippen LogP contribution in [0.4, 0.5) is 0 Å². The molecule has 1 amide bonds. The minimum Gasteiger partial charge on any atom is -0.368 e. The summed E-state index contributed by atoms with van der Waals surface area (Å²) in [5, 5.41) is 3.26. The molecule has 0 saturated carbocycles. The standard InChI is InChI=1S/C15H32N4O/c1-6-17-15(4,14(16)20)10-12(2)19-9-7-8-18(5)11-13(19)3/h12-13,17H,6-11H2,1-5H3,(H2,16,20). The molecule has 0 bridgehead atoms. The summed E-state index contributed by atoms with van der Waals surface area (Å²) in [6.45, 7) is 12.5. The molecule has 1 aliphatic heterocycles. The van der Waals surface area contributed by atoms with Crippen LogP contribution in [-0.4, -0.2) is 66.6 Å². The molecular weight excluding hydrogens is 252 g/mol. The highest BCUT2D eigenvalue weighted by molar-refractivity contribution is 5.84. The molecule has 0 aliphatic carbocycles. The number of nitrogens with two attached hydrogens (primary N) is 1. The Morgan fingerprint density at radius 3 is 2.70 bits per heavy atom. The van der Waals surface area contributed by atoms with Gasteiger partial charge in [-0.2, -0.15) is 0 Å². The first-order chi connectivity index (χ1) is 9.30. The molecule has 0 aromatic heterocycles. The molecule has 0 aromatic carbocycles. The van der Waals surface area contributed by atoms with Crippen LogP contribution in [0, 0.1) is 0 Å². The van der Waals surface area contributed by atoms with Gasteiger partial charge in [0.05, 0.1) is 5.54 Å². The molecule has 1 aliphatic rings. The van der Waals surface area contributed by atoms with Crippen LogP contribution >= 0.6 is 0 Å². The summed E-state index contributed by atoms with van der Waals surface area (Å²) < 4.78 is 0. The molecule has 0 aromatic rings. The summed E-state index contributed by atoms with van der Waals surface area (Å²) in [5.74, 6) is -0.259. The van der Waals surface area contributed by atoms with Crippen molar-refractivity contribution >= 4 is 5.91 Å². The van der Waals surface area contributed by atoms with Gasteiger partial charge in [0.15, 0.2) is 0 Å². The first-order valence-electron chi connectivity index (χ1n) is 7.79. The van der Waals surface area contributed by atoms with E-state index in [0.29, 0.717) is 12.1 Å². The summed E-state index contributed by atoms with van der Waals surface area (Å²) in [7, 11) is 2.18. The predicted molar refractivity (Wildman–Crippen MR) is 83.6 cm³/mol. The molecule has 5 nitrogen and oxygen atoms in total. The van der Waals surface area contributed by atoms with E-state index in [0.717, 1.165) is 32.6 Å². The maximum Gasteiger partial charge on any atom is 0.237 e. The van der Waals surface area contributed by atoms with Gasteiger partial charge < -0.3 is 16.0 Å². The van der Waals surface area contributed by atoms with Crippen LogP contribution in [0.5, 0.6) is 0 Å². The van der Waals surface area contributed by atoms with Crippen LogP contribution in [-0.2, 0) is 4.79 Å². The van der Waals surface area contributed by atoms with Gasteiger partial charge in [-0.1, -0.05) is 6.92 Å². The molecule has 3 atom stereocenters. The maximum atomic E-state index is 11.8. The van der Waals surface area contributed by atoms with Crippen LogP contribution in [0.15, 0.2) is 0 Å². The zero-order chi connectivity index (χ0) is 15.3. The lowest BCUT2D eigenvalue weighted by Crippen LogP contribution is -2.57. The van der Waals surface area contributed by atoms with Crippen molar-refractivity contribution in [3.63, 3.8) is 0 Å². The van der Waals surface area contributed by atoms with Gasteiger partial charge >= 0.3 is 0 Å². The Morgan fingerprint density at radius 2 is 2.15 bits per heavy atom. The summed E-state index contributed by atoms with van der Waals surface area (Å²) in [6.07, 6.45) is 1.93. The fourth-order valence-electron chi connectivity index (χ4n) is 3.40. The fraction of sp³-hybridized carbons (Fsp3) is 0.933. The van der Waals surface area contributed by atoms with Crippen molar-refractivity contribution in [1.82, 2.24) is 15.1 Å². The Morgan fingerprint density at radius 1 is 1.50 bits per heavy atom. The van der Waals surface area contributed by atoms with E-state index in [9.17, 15) is 4.79 Å². The summed E-state index contributed by atoms with van der Waals surface area (Å²) >= 11 is 0. The number of carbonyl (C=O) groups excluding carboxylic acids is 1. The highest BCUT2D eigenvalue weighted by Gasteiger charge is 2.35. The average Bonchev–Trinajstić information content (AvgIpc) is 2.49. The fourth-order valence-corrected chi connectivity index (χ4v) is 3.40. The third kappa shape index (κ3) is 4.43. The van der Waals surface area contributed by atoms with E-state index in [1.807, 2.05) is 13.8 Å². The molecule has 118 valence electrons. The zero-order valence-electron chi connectivity index (χ0n) is 13.8. The van der Waals surface area contributed by atoms with Gasteiger partial charge in [-0.25, -0.2) is 0 Å². The lowest BCUT2D eigenvalue weighted by atomic mass is 9.91. The average molecular weight is 284 g/mol. The lowest BCUT2D eigenvalue weighted by molar-refractivity contribution is -0.124. The molecule has 1 fully saturated rings. The number of amides is 1. The Balaban J connectivity index is 2.72. The summed E-state index contributed by atoms with van der Waals surface area (Å²) in [5.41, 5.74) is 4.98. The molecule has 0 radical (unpaired) electrons. The van der Waals surface area contributed by atoms with E-state index in [4.69, 9.17) is 5.73 Å². The van der Waals surface area contributed by atoms with E-state index in [2.05, 4.69) is 36.0 Å². The molecule has 1 heterocycles. The number of carbonyl (C=O) groups is 1. The van der Waals surface area contributed by atoms with Gasteiger partial charge in [-0.3, -0.25) is 9.69 Å². The Hall–Kier alpha value is -0.650. The van der Waals surface area contributed by atoms with Gasteiger partial charge in [-0.05, 0) is 60.3 Å². The molecule has 1 saturated heterocycles. The van der Waals surface area contributed by atoms with Gasteiger partial charge in [0.25, 0.3) is 0 Å². The number of hydrogen-bond acceptors (Lipinski definition) is 4. The Labute approximate surface area is 123 Å². The molecule has 3 unspecified atom stereocenters. The molecule has 3 N–H and O–H groups in total. The monoisotopic (exact) mass is 284 g/mol. The largest absolute Gasteiger partial charge is 0.368 e. The van der Waals surface area contributed by atoms with Crippen LogP contribution in [0.25, 0.3) is 0 Å². The maximum absolute atomic E-state index is 11.8. The second-order valence-corrected chi connectivity index (χ2v) is 6.48. The SMILES string of the molecule is CCNC(C)(CC(C)N1CCCN(C)CC1C)C(N)=O. The first-order valence-corrected chi connectivity index (χ1v) is 7.79. The third-order valence-corrected chi connectivity index (χ3v) is 4.48. The van der Waals surface area contributed by atoms with Gasteiger partial charge in [0, 0.05) is 18.6 Å². The second-order valence-electron chi connectivity index (χ2n) is 6.48. The molecule has 0 spiro atoms. The number of nitrogens with zero attached hydrogens (tertiary/aromatic N) is 2. The van der Waals surface area contributed by atoms with Crippen molar-refractivity contribution in [2.45, 2.75) is 58.2 Å². The first kappa shape index (κ1) is 17.4. The number of likely N-dealkylation sites (N-methyl/N-ethyl adjacent to an activating group) is 2. The number of primary amides is 1. The number of nitrogens with one attached hydrogen (secondary N) is 1. The van der Waals surface area contributed by atoms with Crippen molar-refractivity contribution in [3.05, 3.63) is 0 Å². The minimum absolute atomic E-state index is 0.259. The smallest absolute Gasteiger partial charge is 0.237 e. The van der Waals surface area contributed by atoms with Crippen LogP contribution < -0.4 is 11.1 Å². The van der Waals surface area contributed by atoms with Crippen LogP contribution in [0.1, 0.15) is 40.5 Å². The minimum atomic E-state index is -0.619. The highest BCUT2D eigenvalue weighted by Crippen LogP contribution is 2.20. The van der Waals surface area contributed by atoms with Crippen molar-refractivity contribution in [2.24, 2.45) is 5.73 Å². The predicted octanol–water partition coefficient (Wildman–Crippen LogP) is 0.645. The normalized spacial score (nSPS) is 26.8. The van der Waals surface area contributed by atoms with Gasteiger partial charge in [0.1, 0.15) is 0 Å². The van der Waals surface area contributed by atoms with E-state index in [1.165, 1.54) is 6.42 Å². The Kier molecular flexibility index (Phi) is 6.43. The van der Waals surface area contributed by atoms with E-state index < -0.39 is 5.54 Å². The number of hydrogen-bond donors (Lipinski definition) is 2.